The third-order valence-electron chi connectivity index (χ3n) is 7.24. The Kier molecular flexibility index (Phi) is 6.30. The quantitative estimate of drug-likeness (QED) is 0.364. The molecule has 0 atom stereocenters. The predicted molar refractivity (Wildman–Crippen MR) is 142 cm³/mol. The van der Waals surface area contributed by atoms with Gasteiger partial charge in [0, 0.05) is 37.0 Å². The van der Waals surface area contributed by atoms with E-state index >= 15 is 0 Å². The second-order valence-corrected chi connectivity index (χ2v) is 10.8. The molecule has 1 N–H and O–H groups in total. The van der Waals surface area contributed by atoms with E-state index in [2.05, 4.69) is 70.9 Å². The Morgan fingerprint density at radius 2 is 1.56 bits per heavy atom. The van der Waals surface area contributed by atoms with Gasteiger partial charge in [-0.2, -0.15) is 0 Å². The molecule has 0 amide bonds. The van der Waals surface area contributed by atoms with E-state index in [4.69, 9.17) is 9.97 Å². The molecule has 0 spiro atoms. The van der Waals surface area contributed by atoms with Crippen molar-refractivity contribution < 1.29 is 0 Å². The van der Waals surface area contributed by atoms with Crippen molar-refractivity contribution in [3.63, 3.8) is 0 Å². The molecule has 5 heteroatoms. The van der Waals surface area contributed by atoms with Gasteiger partial charge in [0.2, 0.25) is 0 Å². The van der Waals surface area contributed by atoms with Crippen molar-refractivity contribution in [2.75, 3.05) is 18.4 Å². The number of hydrogen-bond acceptors (Lipinski definition) is 5. The van der Waals surface area contributed by atoms with Gasteiger partial charge in [0.1, 0.15) is 16.5 Å². The minimum atomic E-state index is 0.467. The number of piperidine rings is 1. The minimum Gasteiger partial charge on any atom is -0.367 e. The van der Waals surface area contributed by atoms with Crippen LogP contribution in [0.25, 0.3) is 10.2 Å². The number of aryl methyl sites for hydroxylation is 2. The lowest BCUT2D eigenvalue weighted by Gasteiger charge is -2.33. The summed E-state index contributed by atoms with van der Waals surface area (Å²) in [6, 6.07) is 21.9. The highest BCUT2D eigenvalue weighted by molar-refractivity contribution is 7.19. The number of rotatable bonds is 6. The van der Waals surface area contributed by atoms with Gasteiger partial charge in [-0.15, -0.1) is 11.3 Å². The normalized spacial score (nSPS) is 17.1. The Hall–Kier alpha value is -2.76. The van der Waals surface area contributed by atoms with Crippen LogP contribution in [0.3, 0.4) is 0 Å². The topological polar surface area (TPSA) is 41.1 Å². The van der Waals surface area contributed by atoms with E-state index in [1.54, 1.807) is 0 Å². The van der Waals surface area contributed by atoms with Crippen LogP contribution in [0, 0.1) is 0 Å². The molecule has 174 valence electrons. The fraction of sp³-hybridized carbons (Fsp3) is 0.379. The maximum Gasteiger partial charge on any atom is 0.139 e. The number of hydrogen-bond donors (Lipinski definition) is 1. The average Bonchev–Trinajstić information content (AvgIpc) is 3.25. The second-order valence-electron chi connectivity index (χ2n) is 9.72. The van der Waals surface area contributed by atoms with E-state index in [0.717, 1.165) is 50.5 Å². The molecule has 2 aromatic carbocycles. The Morgan fingerprint density at radius 1 is 0.853 bits per heavy atom. The van der Waals surface area contributed by atoms with Crippen LogP contribution in [0.1, 0.15) is 53.1 Å². The van der Waals surface area contributed by atoms with Gasteiger partial charge in [0.25, 0.3) is 0 Å². The first-order chi connectivity index (χ1) is 16.8. The van der Waals surface area contributed by atoms with Gasteiger partial charge in [-0.05, 0) is 55.2 Å². The van der Waals surface area contributed by atoms with Crippen molar-refractivity contribution in [1.29, 1.82) is 0 Å². The van der Waals surface area contributed by atoms with Gasteiger partial charge < -0.3 is 5.32 Å². The summed E-state index contributed by atoms with van der Waals surface area (Å²) in [5, 5.41) is 5.21. The number of nitrogens with zero attached hydrogens (tertiary/aromatic N) is 3. The standard InChI is InChI=1S/C29H32N4S/c1-3-9-21(10-4-1)19-26-31-28(27-24-13-7-8-14-25(24)34-29(27)32-26)30-23-15-17-33(18-16-23)20-22-11-5-2-6-12-22/h1-6,9-12,23H,7-8,13-20H2,(H,30,31,32). The van der Waals surface area contributed by atoms with E-state index in [9.17, 15) is 0 Å². The number of aromatic nitrogens is 2. The van der Waals surface area contributed by atoms with Crippen molar-refractivity contribution in [3.05, 3.63) is 88.1 Å². The molecular weight excluding hydrogens is 436 g/mol. The first-order valence-corrected chi connectivity index (χ1v) is 13.5. The molecule has 0 radical (unpaired) electrons. The van der Waals surface area contributed by atoms with Gasteiger partial charge in [-0.25, -0.2) is 9.97 Å². The van der Waals surface area contributed by atoms with Crippen molar-refractivity contribution in [3.8, 4) is 0 Å². The third kappa shape index (κ3) is 4.73. The highest BCUT2D eigenvalue weighted by Crippen LogP contribution is 2.39. The number of likely N-dealkylation sites (tertiary alicyclic amines) is 1. The summed E-state index contributed by atoms with van der Waals surface area (Å²) in [5.41, 5.74) is 4.19. The van der Waals surface area contributed by atoms with Crippen LogP contribution >= 0.6 is 11.3 Å². The van der Waals surface area contributed by atoms with Gasteiger partial charge in [0.05, 0.1) is 5.39 Å². The summed E-state index contributed by atoms with van der Waals surface area (Å²) in [7, 11) is 0. The Labute approximate surface area is 206 Å². The molecule has 2 aromatic heterocycles. The lowest BCUT2D eigenvalue weighted by Crippen LogP contribution is -2.38. The molecule has 0 saturated carbocycles. The summed E-state index contributed by atoms with van der Waals surface area (Å²) in [5.74, 6) is 2.01. The van der Waals surface area contributed by atoms with Crippen LogP contribution in [-0.2, 0) is 25.8 Å². The van der Waals surface area contributed by atoms with E-state index < -0.39 is 0 Å². The zero-order valence-electron chi connectivity index (χ0n) is 19.7. The number of anilines is 1. The molecule has 34 heavy (non-hydrogen) atoms. The summed E-state index contributed by atoms with van der Waals surface area (Å²) < 4.78 is 0. The van der Waals surface area contributed by atoms with Gasteiger partial charge in [0.15, 0.2) is 0 Å². The summed E-state index contributed by atoms with van der Waals surface area (Å²) >= 11 is 1.90. The van der Waals surface area contributed by atoms with Crippen molar-refractivity contribution >= 4 is 27.4 Å². The van der Waals surface area contributed by atoms with Crippen LogP contribution in [0.4, 0.5) is 5.82 Å². The second kappa shape index (κ2) is 9.85. The monoisotopic (exact) mass is 468 g/mol. The molecule has 1 aliphatic heterocycles. The minimum absolute atomic E-state index is 0.467. The maximum atomic E-state index is 5.13. The molecule has 1 saturated heterocycles. The molecule has 3 heterocycles. The van der Waals surface area contributed by atoms with E-state index in [1.807, 2.05) is 11.3 Å². The fourth-order valence-corrected chi connectivity index (χ4v) is 6.71. The largest absolute Gasteiger partial charge is 0.367 e. The lowest BCUT2D eigenvalue weighted by molar-refractivity contribution is 0.211. The third-order valence-corrected chi connectivity index (χ3v) is 8.43. The van der Waals surface area contributed by atoms with Crippen LogP contribution in [0.15, 0.2) is 60.7 Å². The molecule has 4 nitrogen and oxygen atoms in total. The maximum absolute atomic E-state index is 5.13. The summed E-state index contributed by atoms with van der Waals surface area (Å²) in [6.07, 6.45) is 8.03. The molecule has 2 aliphatic rings. The summed E-state index contributed by atoms with van der Waals surface area (Å²) in [6.45, 7) is 3.30. The van der Waals surface area contributed by atoms with E-state index in [-0.39, 0.29) is 0 Å². The van der Waals surface area contributed by atoms with Crippen LogP contribution in [-0.4, -0.2) is 34.0 Å². The fourth-order valence-electron chi connectivity index (χ4n) is 5.43. The highest BCUT2D eigenvalue weighted by Gasteiger charge is 2.24. The number of nitrogens with one attached hydrogen (secondary N) is 1. The molecular formula is C29H32N4S. The van der Waals surface area contributed by atoms with Crippen LogP contribution < -0.4 is 5.32 Å². The zero-order chi connectivity index (χ0) is 22.7. The van der Waals surface area contributed by atoms with Gasteiger partial charge in [-0.1, -0.05) is 60.7 Å². The SMILES string of the molecule is c1ccc(Cc2nc(NC3CCN(Cc4ccccc4)CC3)c3c4c(sc3n2)CCCC4)cc1. The Bertz CT molecular complexity index is 1240. The molecule has 1 aliphatic carbocycles. The Morgan fingerprint density at radius 3 is 2.32 bits per heavy atom. The van der Waals surface area contributed by atoms with E-state index in [0.29, 0.717) is 6.04 Å². The number of thiophene rings is 1. The van der Waals surface area contributed by atoms with Gasteiger partial charge in [-0.3, -0.25) is 4.90 Å². The Balaban J connectivity index is 1.23. The van der Waals surface area contributed by atoms with Gasteiger partial charge >= 0.3 is 0 Å². The highest BCUT2D eigenvalue weighted by atomic mass is 32.1. The van der Waals surface area contributed by atoms with Crippen molar-refractivity contribution in [2.24, 2.45) is 0 Å². The average molecular weight is 469 g/mol. The van der Waals surface area contributed by atoms with Crippen molar-refractivity contribution in [1.82, 2.24) is 14.9 Å². The molecule has 1 fully saturated rings. The zero-order valence-corrected chi connectivity index (χ0v) is 20.5. The first kappa shape index (κ1) is 21.8. The lowest BCUT2D eigenvalue weighted by atomic mass is 9.96. The first-order valence-electron chi connectivity index (χ1n) is 12.7. The number of benzene rings is 2. The predicted octanol–water partition coefficient (Wildman–Crippen LogP) is 6.24. The molecule has 4 aromatic rings. The molecule has 6 rings (SSSR count). The van der Waals surface area contributed by atoms with Crippen molar-refractivity contribution in [2.45, 2.75) is 57.5 Å². The summed E-state index contributed by atoms with van der Waals surface area (Å²) in [4.78, 5) is 15.5. The smallest absolute Gasteiger partial charge is 0.139 e. The van der Waals surface area contributed by atoms with Crippen LogP contribution in [0.5, 0.6) is 0 Å². The van der Waals surface area contributed by atoms with E-state index in [1.165, 1.54) is 57.5 Å². The van der Waals surface area contributed by atoms with Crippen LogP contribution in [0.2, 0.25) is 0 Å². The molecule has 0 unspecified atom stereocenters. The molecule has 0 bridgehead atoms. The number of fused-ring (bicyclic) bond motifs is 3.